The van der Waals surface area contributed by atoms with Gasteiger partial charge in [0.2, 0.25) is 0 Å². The van der Waals surface area contributed by atoms with E-state index >= 15 is 0 Å². The number of nitrogens with one attached hydrogen (secondary N) is 1. The molecule has 7 nitrogen and oxygen atoms in total. The molecule has 0 bridgehead atoms. The first-order chi connectivity index (χ1) is 13.5. The molecule has 1 aliphatic rings. The zero-order valence-corrected chi connectivity index (χ0v) is 15.9. The van der Waals surface area contributed by atoms with Crippen LogP contribution in [-0.2, 0) is 6.18 Å². The number of carbonyl (C=O) groups is 2. The van der Waals surface area contributed by atoms with Crippen LogP contribution in [0.1, 0.15) is 34.5 Å². The second-order valence-electron chi connectivity index (χ2n) is 6.51. The molecule has 2 amide bonds. The maximum absolute atomic E-state index is 13.5. The molecule has 0 aliphatic carbocycles. The molecule has 3 rings (SSSR count). The number of halogens is 3. The van der Waals surface area contributed by atoms with Crippen molar-refractivity contribution in [2.75, 3.05) is 20.1 Å². The molecule has 1 saturated heterocycles. The standard InChI is InChI=1S/C18H16F3N3O4S/c1-22-15(25)11-9-29-14-12(18(19,20)21)8-10(23-13(11)14)2-3-17(28)4-6-24(7-5-17)16(26)27/h8-9,28H,4-7H2,1H3,(H,22,25)(H,26,27). The van der Waals surface area contributed by atoms with Crippen molar-refractivity contribution in [1.29, 1.82) is 0 Å². The van der Waals surface area contributed by atoms with Crippen LogP contribution in [0, 0.1) is 11.8 Å². The van der Waals surface area contributed by atoms with Crippen molar-refractivity contribution in [2.24, 2.45) is 0 Å². The van der Waals surface area contributed by atoms with E-state index in [0.29, 0.717) is 0 Å². The zero-order chi connectivity index (χ0) is 21.4. The van der Waals surface area contributed by atoms with Crippen LogP contribution in [0.25, 0.3) is 10.2 Å². The van der Waals surface area contributed by atoms with Gasteiger partial charge in [0.05, 0.1) is 21.3 Å². The third kappa shape index (κ3) is 4.28. The highest BCUT2D eigenvalue weighted by atomic mass is 32.1. The lowest BCUT2D eigenvalue weighted by atomic mass is 9.92. The number of fused-ring (bicyclic) bond motifs is 1. The lowest BCUT2D eigenvalue weighted by molar-refractivity contribution is -0.136. The number of amides is 2. The number of carboxylic acid groups (broad SMARTS) is 1. The average Bonchev–Trinajstić information content (AvgIpc) is 3.08. The van der Waals surface area contributed by atoms with Crippen LogP contribution >= 0.6 is 11.3 Å². The van der Waals surface area contributed by atoms with Crippen molar-refractivity contribution in [3.63, 3.8) is 0 Å². The van der Waals surface area contributed by atoms with Crippen molar-refractivity contribution < 1.29 is 33.0 Å². The Bertz CT molecular complexity index is 1030. The van der Waals surface area contributed by atoms with E-state index in [0.717, 1.165) is 22.3 Å². The van der Waals surface area contributed by atoms with E-state index < -0.39 is 29.3 Å². The van der Waals surface area contributed by atoms with Crippen molar-refractivity contribution in [3.05, 3.63) is 28.3 Å². The highest BCUT2D eigenvalue weighted by molar-refractivity contribution is 7.17. The number of rotatable bonds is 1. The van der Waals surface area contributed by atoms with Gasteiger partial charge in [-0.2, -0.15) is 13.2 Å². The first-order valence-corrected chi connectivity index (χ1v) is 9.37. The molecule has 3 heterocycles. The Kier molecular flexibility index (Phi) is 5.42. The summed E-state index contributed by atoms with van der Waals surface area (Å²) in [5.41, 5.74) is -2.82. The van der Waals surface area contributed by atoms with E-state index in [2.05, 4.69) is 22.1 Å². The number of hydrogen-bond acceptors (Lipinski definition) is 5. The smallest absolute Gasteiger partial charge is 0.417 e. The maximum Gasteiger partial charge on any atom is 0.417 e. The number of aromatic nitrogens is 1. The second-order valence-corrected chi connectivity index (χ2v) is 7.39. The molecule has 0 unspecified atom stereocenters. The summed E-state index contributed by atoms with van der Waals surface area (Å²) in [5, 5.41) is 23.1. The van der Waals surface area contributed by atoms with E-state index in [1.807, 2.05) is 0 Å². The normalized spacial score (nSPS) is 16.2. The van der Waals surface area contributed by atoms with Crippen LogP contribution in [0.5, 0.6) is 0 Å². The fourth-order valence-corrected chi connectivity index (χ4v) is 3.98. The molecule has 0 aromatic carbocycles. The number of likely N-dealkylation sites (tertiary alicyclic amines) is 1. The van der Waals surface area contributed by atoms with Gasteiger partial charge >= 0.3 is 12.3 Å². The van der Waals surface area contributed by atoms with Crippen molar-refractivity contribution in [1.82, 2.24) is 15.2 Å². The Balaban J connectivity index is 2.02. The van der Waals surface area contributed by atoms with Crippen LogP contribution in [0.3, 0.4) is 0 Å². The summed E-state index contributed by atoms with van der Waals surface area (Å²) < 4.78 is 40.3. The molecule has 0 atom stereocenters. The number of thiophene rings is 1. The molecule has 1 fully saturated rings. The number of pyridine rings is 1. The largest absolute Gasteiger partial charge is 0.465 e. The number of hydrogen-bond donors (Lipinski definition) is 3. The second kappa shape index (κ2) is 7.53. The number of piperidine rings is 1. The predicted octanol–water partition coefficient (Wildman–Crippen LogP) is 2.53. The highest BCUT2D eigenvalue weighted by Gasteiger charge is 2.35. The highest BCUT2D eigenvalue weighted by Crippen LogP contribution is 2.38. The molecule has 11 heteroatoms. The third-order valence-corrected chi connectivity index (χ3v) is 5.59. The molecular formula is C18H16F3N3O4S. The minimum atomic E-state index is -4.67. The van der Waals surface area contributed by atoms with Crippen LogP contribution < -0.4 is 5.32 Å². The zero-order valence-electron chi connectivity index (χ0n) is 15.1. The lowest BCUT2D eigenvalue weighted by Crippen LogP contribution is -2.45. The number of carbonyl (C=O) groups excluding carboxylic acids is 1. The van der Waals surface area contributed by atoms with E-state index in [4.69, 9.17) is 5.11 Å². The maximum atomic E-state index is 13.5. The summed E-state index contributed by atoms with van der Waals surface area (Å²) in [6, 6.07) is 0.787. The number of aliphatic hydroxyl groups is 1. The van der Waals surface area contributed by atoms with Crippen molar-refractivity contribution >= 4 is 33.6 Å². The van der Waals surface area contributed by atoms with Crippen LogP contribution in [0.4, 0.5) is 18.0 Å². The third-order valence-electron chi connectivity index (χ3n) is 4.58. The van der Waals surface area contributed by atoms with Gasteiger partial charge in [0.25, 0.3) is 5.91 Å². The van der Waals surface area contributed by atoms with Gasteiger partial charge in [0, 0.05) is 38.4 Å². The van der Waals surface area contributed by atoms with Gasteiger partial charge in [-0.1, -0.05) is 5.92 Å². The lowest BCUT2D eigenvalue weighted by Gasteiger charge is -2.33. The summed E-state index contributed by atoms with van der Waals surface area (Å²) in [6.45, 7) is 0.123. The molecular weight excluding hydrogens is 411 g/mol. The molecule has 0 saturated carbocycles. The fourth-order valence-electron chi connectivity index (χ4n) is 2.95. The van der Waals surface area contributed by atoms with E-state index in [1.54, 1.807) is 0 Å². The molecule has 3 N–H and O–H groups in total. The Labute approximate surface area is 167 Å². The van der Waals surface area contributed by atoms with E-state index in [9.17, 15) is 27.9 Å². The average molecular weight is 427 g/mol. The Morgan fingerprint density at radius 2 is 2.00 bits per heavy atom. The molecule has 2 aromatic heterocycles. The molecule has 29 heavy (non-hydrogen) atoms. The Morgan fingerprint density at radius 3 is 2.55 bits per heavy atom. The predicted molar refractivity (Wildman–Crippen MR) is 98.7 cm³/mol. The van der Waals surface area contributed by atoms with Gasteiger partial charge < -0.3 is 20.4 Å². The van der Waals surface area contributed by atoms with Crippen LogP contribution in [-0.4, -0.2) is 57.8 Å². The van der Waals surface area contributed by atoms with Gasteiger partial charge in [-0.15, -0.1) is 11.3 Å². The molecule has 0 radical (unpaired) electrons. The van der Waals surface area contributed by atoms with Crippen LogP contribution in [0.15, 0.2) is 11.4 Å². The van der Waals surface area contributed by atoms with E-state index in [1.165, 1.54) is 12.4 Å². The summed E-state index contributed by atoms with van der Waals surface area (Å²) in [7, 11) is 1.36. The van der Waals surface area contributed by atoms with E-state index in [-0.39, 0.29) is 47.4 Å². The summed E-state index contributed by atoms with van der Waals surface area (Å²) in [4.78, 5) is 28.1. The van der Waals surface area contributed by atoms with Gasteiger partial charge in [0.1, 0.15) is 11.3 Å². The monoisotopic (exact) mass is 427 g/mol. The first-order valence-electron chi connectivity index (χ1n) is 8.49. The summed E-state index contributed by atoms with van der Waals surface area (Å²) in [6.07, 6.45) is -5.72. The Morgan fingerprint density at radius 1 is 1.34 bits per heavy atom. The van der Waals surface area contributed by atoms with Crippen molar-refractivity contribution in [3.8, 4) is 11.8 Å². The SMILES string of the molecule is CNC(=O)c1csc2c(C(F)(F)F)cc(C#CC3(O)CCN(C(=O)O)CC3)nc12. The quantitative estimate of drug-likeness (QED) is 0.607. The number of nitrogens with zero attached hydrogens (tertiary/aromatic N) is 2. The molecule has 0 spiro atoms. The van der Waals surface area contributed by atoms with Gasteiger partial charge in [-0.25, -0.2) is 9.78 Å². The molecule has 2 aromatic rings. The van der Waals surface area contributed by atoms with Crippen LogP contribution in [0.2, 0.25) is 0 Å². The van der Waals surface area contributed by atoms with Gasteiger partial charge in [-0.05, 0) is 12.0 Å². The first kappa shape index (κ1) is 20.9. The molecule has 154 valence electrons. The summed E-state index contributed by atoms with van der Waals surface area (Å²) in [5.74, 6) is 4.44. The summed E-state index contributed by atoms with van der Waals surface area (Å²) >= 11 is 0.766. The fraction of sp³-hybridized carbons (Fsp3) is 0.389. The Hall–Kier alpha value is -2.84. The molecule has 1 aliphatic heterocycles. The van der Waals surface area contributed by atoms with Crippen molar-refractivity contribution in [2.45, 2.75) is 24.6 Å². The van der Waals surface area contributed by atoms with Gasteiger partial charge in [0.15, 0.2) is 0 Å². The topological polar surface area (TPSA) is 103 Å². The minimum absolute atomic E-state index is 0.00938. The van der Waals surface area contributed by atoms with Gasteiger partial charge in [-0.3, -0.25) is 4.79 Å². The number of alkyl halides is 3. The minimum Gasteiger partial charge on any atom is -0.465 e.